The second-order valence-corrected chi connectivity index (χ2v) is 4.62. The van der Waals surface area contributed by atoms with E-state index in [4.69, 9.17) is 9.84 Å². The highest BCUT2D eigenvalue weighted by molar-refractivity contribution is 8.00. The van der Waals surface area contributed by atoms with Crippen LogP contribution in [0.2, 0.25) is 0 Å². The fourth-order valence-corrected chi connectivity index (χ4v) is 2.38. The van der Waals surface area contributed by atoms with E-state index in [-0.39, 0.29) is 5.75 Å². The van der Waals surface area contributed by atoms with Crippen molar-refractivity contribution in [1.29, 1.82) is 0 Å². The lowest BCUT2D eigenvalue weighted by molar-refractivity contribution is -0.133. The molecule has 1 N–H and O–H groups in total. The Morgan fingerprint density at radius 1 is 1.44 bits per heavy atom. The molecular weight excluding hydrogens is 250 g/mol. The number of carboxylic acid groups (broad SMARTS) is 1. The van der Waals surface area contributed by atoms with Crippen molar-refractivity contribution < 1.29 is 14.6 Å². The van der Waals surface area contributed by atoms with Crippen LogP contribution in [-0.2, 0) is 4.79 Å². The van der Waals surface area contributed by atoms with Crippen LogP contribution in [0.1, 0.15) is 6.92 Å². The number of aromatic nitrogens is 1. The lowest BCUT2D eigenvalue weighted by Crippen LogP contribution is -1.98. The van der Waals surface area contributed by atoms with Crippen LogP contribution in [0.4, 0.5) is 0 Å². The van der Waals surface area contributed by atoms with Gasteiger partial charge in [-0.1, -0.05) is 0 Å². The van der Waals surface area contributed by atoms with Gasteiger partial charge in [0.05, 0.1) is 17.9 Å². The van der Waals surface area contributed by atoms with Crippen molar-refractivity contribution in [2.75, 3.05) is 12.4 Å². The van der Waals surface area contributed by atoms with Gasteiger partial charge in [-0.05, 0) is 31.2 Å². The third kappa shape index (κ3) is 2.92. The molecule has 0 atom stereocenters. The maximum absolute atomic E-state index is 10.6. The van der Waals surface area contributed by atoms with Gasteiger partial charge in [-0.15, -0.1) is 11.8 Å². The zero-order valence-corrected chi connectivity index (χ0v) is 10.7. The Kier molecular flexibility index (Phi) is 4.04. The number of carbonyl (C=O) groups is 1. The van der Waals surface area contributed by atoms with Gasteiger partial charge >= 0.3 is 5.97 Å². The van der Waals surface area contributed by atoms with Gasteiger partial charge in [0.2, 0.25) is 0 Å². The summed E-state index contributed by atoms with van der Waals surface area (Å²) in [6.45, 7) is 2.52. The zero-order chi connectivity index (χ0) is 13.0. The van der Waals surface area contributed by atoms with E-state index in [9.17, 15) is 4.79 Å². The standard InChI is InChI=1S/C13H13NO3S/c1-2-17-9-3-4-11-10(7-9)12(5-6-14-11)18-8-13(15)16/h3-7H,2,8H2,1H3,(H,15,16). The van der Waals surface area contributed by atoms with Gasteiger partial charge in [-0.2, -0.15) is 0 Å². The molecule has 0 bridgehead atoms. The summed E-state index contributed by atoms with van der Waals surface area (Å²) in [5, 5.41) is 9.65. The minimum atomic E-state index is -0.828. The summed E-state index contributed by atoms with van der Waals surface area (Å²) >= 11 is 1.29. The number of thioether (sulfide) groups is 1. The van der Waals surface area contributed by atoms with Crippen molar-refractivity contribution in [2.24, 2.45) is 0 Å². The van der Waals surface area contributed by atoms with Crippen molar-refractivity contribution in [3.8, 4) is 5.75 Å². The second kappa shape index (κ2) is 5.73. The van der Waals surface area contributed by atoms with Crippen LogP contribution < -0.4 is 4.74 Å². The molecule has 4 nitrogen and oxygen atoms in total. The Balaban J connectivity index is 2.38. The molecule has 2 aromatic rings. The van der Waals surface area contributed by atoms with Crippen LogP contribution in [0.5, 0.6) is 5.75 Å². The number of rotatable bonds is 5. The topological polar surface area (TPSA) is 59.4 Å². The number of hydrogen-bond acceptors (Lipinski definition) is 4. The summed E-state index contributed by atoms with van der Waals surface area (Å²) in [5.41, 5.74) is 0.842. The summed E-state index contributed by atoms with van der Waals surface area (Å²) in [6.07, 6.45) is 1.69. The van der Waals surface area contributed by atoms with E-state index in [0.29, 0.717) is 6.61 Å². The molecule has 0 amide bonds. The van der Waals surface area contributed by atoms with Gasteiger partial charge in [-0.3, -0.25) is 9.78 Å². The Morgan fingerprint density at radius 2 is 2.28 bits per heavy atom. The molecule has 1 heterocycles. The maximum Gasteiger partial charge on any atom is 0.313 e. The maximum atomic E-state index is 10.6. The first-order valence-electron chi connectivity index (χ1n) is 5.57. The molecule has 0 saturated heterocycles. The normalized spacial score (nSPS) is 10.5. The van der Waals surface area contributed by atoms with Gasteiger partial charge < -0.3 is 9.84 Å². The lowest BCUT2D eigenvalue weighted by Gasteiger charge is -2.07. The largest absolute Gasteiger partial charge is 0.494 e. The summed E-state index contributed by atoms with van der Waals surface area (Å²) in [5.74, 6) is -0.0149. The van der Waals surface area contributed by atoms with E-state index in [1.807, 2.05) is 31.2 Å². The van der Waals surface area contributed by atoms with Gasteiger partial charge in [0.25, 0.3) is 0 Å². The van der Waals surface area contributed by atoms with Crippen LogP contribution in [0, 0.1) is 0 Å². The minimum Gasteiger partial charge on any atom is -0.494 e. The summed E-state index contributed by atoms with van der Waals surface area (Å²) < 4.78 is 5.44. The quantitative estimate of drug-likeness (QED) is 0.840. The summed E-state index contributed by atoms with van der Waals surface area (Å²) in [6, 6.07) is 7.47. The second-order valence-electron chi connectivity index (χ2n) is 3.60. The van der Waals surface area contributed by atoms with Crippen LogP contribution in [0.3, 0.4) is 0 Å². The SMILES string of the molecule is CCOc1ccc2nccc(SCC(=O)O)c2c1. The Morgan fingerprint density at radius 3 is 3.00 bits per heavy atom. The highest BCUT2D eigenvalue weighted by atomic mass is 32.2. The van der Waals surface area contributed by atoms with Crippen molar-refractivity contribution in [1.82, 2.24) is 4.98 Å². The lowest BCUT2D eigenvalue weighted by atomic mass is 10.2. The van der Waals surface area contributed by atoms with E-state index >= 15 is 0 Å². The van der Waals surface area contributed by atoms with Gasteiger partial charge in [0, 0.05) is 16.5 Å². The molecule has 0 aliphatic rings. The van der Waals surface area contributed by atoms with E-state index in [1.54, 1.807) is 6.20 Å². The molecule has 0 unspecified atom stereocenters. The van der Waals surface area contributed by atoms with Gasteiger partial charge in [0.15, 0.2) is 0 Å². The average Bonchev–Trinajstić information content (AvgIpc) is 2.36. The van der Waals surface area contributed by atoms with E-state index in [0.717, 1.165) is 21.5 Å². The van der Waals surface area contributed by atoms with E-state index in [2.05, 4.69) is 4.98 Å². The predicted octanol–water partition coefficient (Wildman–Crippen LogP) is 2.81. The molecule has 0 fully saturated rings. The summed E-state index contributed by atoms with van der Waals surface area (Å²) in [4.78, 5) is 15.8. The van der Waals surface area contributed by atoms with Crippen molar-refractivity contribution in [3.05, 3.63) is 30.5 Å². The predicted molar refractivity (Wildman–Crippen MR) is 71.3 cm³/mol. The number of nitrogens with zero attached hydrogens (tertiary/aromatic N) is 1. The first-order valence-corrected chi connectivity index (χ1v) is 6.55. The molecule has 0 aliphatic carbocycles. The molecule has 0 saturated carbocycles. The Labute approximate surface area is 109 Å². The molecule has 5 heteroatoms. The molecule has 0 spiro atoms. The number of aliphatic carboxylic acids is 1. The minimum absolute atomic E-state index is 0.0397. The number of ether oxygens (including phenoxy) is 1. The van der Waals surface area contributed by atoms with Crippen molar-refractivity contribution >= 4 is 28.6 Å². The third-order valence-electron chi connectivity index (χ3n) is 2.34. The Hall–Kier alpha value is -1.75. The third-order valence-corrected chi connectivity index (χ3v) is 3.39. The molecule has 18 heavy (non-hydrogen) atoms. The first kappa shape index (κ1) is 12.7. The van der Waals surface area contributed by atoms with Crippen LogP contribution in [0.15, 0.2) is 35.4 Å². The number of benzene rings is 1. The fourth-order valence-electron chi connectivity index (χ4n) is 1.62. The smallest absolute Gasteiger partial charge is 0.313 e. The number of pyridine rings is 1. The number of carboxylic acids is 1. The van der Waals surface area contributed by atoms with Crippen LogP contribution >= 0.6 is 11.8 Å². The molecule has 2 rings (SSSR count). The highest BCUT2D eigenvalue weighted by Gasteiger charge is 2.06. The van der Waals surface area contributed by atoms with E-state index < -0.39 is 5.97 Å². The monoisotopic (exact) mass is 263 g/mol. The van der Waals surface area contributed by atoms with Crippen molar-refractivity contribution in [2.45, 2.75) is 11.8 Å². The van der Waals surface area contributed by atoms with E-state index in [1.165, 1.54) is 11.8 Å². The molecule has 0 radical (unpaired) electrons. The van der Waals surface area contributed by atoms with Crippen LogP contribution in [-0.4, -0.2) is 28.4 Å². The molecular formula is C13H13NO3S. The zero-order valence-electron chi connectivity index (χ0n) is 9.92. The molecule has 1 aromatic heterocycles. The van der Waals surface area contributed by atoms with Gasteiger partial charge in [-0.25, -0.2) is 0 Å². The molecule has 1 aromatic carbocycles. The number of hydrogen-bond donors (Lipinski definition) is 1. The number of fused-ring (bicyclic) bond motifs is 1. The fraction of sp³-hybridized carbons (Fsp3) is 0.231. The summed E-state index contributed by atoms with van der Waals surface area (Å²) in [7, 11) is 0. The van der Waals surface area contributed by atoms with Gasteiger partial charge in [0.1, 0.15) is 5.75 Å². The van der Waals surface area contributed by atoms with Crippen LogP contribution in [0.25, 0.3) is 10.9 Å². The molecule has 94 valence electrons. The first-order chi connectivity index (χ1) is 8.70. The highest BCUT2D eigenvalue weighted by Crippen LogP contribution is 2.29. The Bertz CT molecular complexity index is 571. The molecule has 0 aliphatic heterocycles. The average molecular weight is 263 g/mol. The van der Waals surface area contributed by atoms with Crippen molar-refractivity contribution in [3.63, 3.8) is 0 Å².